The van der Waals surface area contributed by atoms with Crippen LogP contribution in [-0.2, 0) is 4.74 Å². The van der Waals surface area contributed by atoms with Crippen LogP contribution in [0.15, 0.2) is 36.1 Å². The van der Waals surface area contributed by atoms with Crippen molar-refractivity contribution in [3.05, 3.63) is 41.7 Å². The van der Waals surface area contributed by atoms with E-state index in [-0.39, 0.29) is 12.2 Å². The van der Waals surface area contributed by atoms with Gasteiger partial charge in [-0.3, -0.25) is 0 Å². The largest absolute Gasteiger partial charge is 0.513 e. The van der Waals surface area contributed by atoms with Gasteiger partial charge in [-0.15, -0.1) is 0 Å². The lowest BCUT2D eigenvalue weighted by atomic mass is 9.88. The smallest absolute Gasteiger partial charge is 0.199 e. The Labute approximate surface area is 127 Å². The molecular formula is C18H26O3. The predicted molar refractivity (Wildman–Crippen MR) is 84.6 cm³/mol. The van der Waals surface area contributed by atoms with Gasteiger partial charge in [0.2, 0.25) is 0 Å². The fourth-order valence-corrected chi connectivity index (χ4v) is 2.68. The first kappa shape index (κ1) is 15.9. The van der Waals surface area contributed by atoms with Crippen molar-refractivity contribution in [1.29, 1.82) is 0 Å². The number of benzene rings is 1. The van der Waals surface area contributed by atoms with Gasteiger partial charge in [-0.25, -0.2) is 0 Å². The minimum absolute atomic E-state index is 0.123. The highest BCUT2D eigenvalue weighted by Crippen LogP contribution is 2.30. The lowest BCUT2D eigenvalue weighted by molar-refractivity contribution is -0.105. The van der Waals surface area contributed by atoms with E-state index in [0.29, 0.717) is 11.7 Å². The molecule has 3 nitrogen and oxygen atoms in total. The molecule has 2 rings (SSSR count). The van der Waals surface area contributed by atoms with Crippen LogP contribution in [0, 0.1) is 5.92 Å². The first-order chi connectivity index (χ1) is 10.1. The van der Waals surface area contributed by atoms with E-state index in [1.165, 1.54) is 0 Å². The maximum absolute atomic E-state index is 9.57. The maximum atomic E-state index is 9.57. The second-order valence-corrected chi connectivity index (χ2v) is 6.06. The van der Waals surface area contributed by atoms with E-state index >= 15 is 0 Å². The summed E-state index contributed by atoms with van der Waals surface area (Å²) in [4.78, 5) is 0. The molecule has 3 heteroatoms. The molecule has 0 amide bonds. The second-order valence-electron chi connectivity index (χ2n) is 6.06. The summed E-state index contributed by atoms with van der Waals surface area (Å²) in [5, 5.41) is 9.57. The van der Waals surface area contributed by atoms with Crippen LogP contribution in [0.1, 0.15) is 51.5 Å². The maximum Gasteiger partial charge on any atom is 0.199 e. The van der Waals surface area contributed by atoms with Crippen LogP contribution in [0.3, 0.4) is 0 Å². The summed E-state index contributed by atoms with van der Waals surface area (Å²) in [6.45, 7) is 6.81. The molecule has 1 aliphatic rings. The third kappa shape index (κ3) is 4.78. The first-order valence-corrected chi connectivity index (χ1v) is 7.82. The van der Waals surface area contributed by atoms with Gasteiger partial charge in [0.05, 0.1) is 12.4 Å². The van der Waals surface area contributed by atoms with Gasteiger partial charge < -0.3 is 14.6 Å². The molecule has 1 heterocycles. The van der Waals surface area contributed by atoms with E-state index in [1.54, 1.807) is 6.92 Å². The van der Waals surface area contributed by atoms with E-state index in [9.17, 15) is 5.11 Å². The Morgan fingerprint density at radius 1 is 1.38 bits per heavy atom. The van der Waals surface area contributed by atoms with Gasteiger partial charge in [-0.1, -0.05) is 26.0 Å². The lowest BCUT2D eigenvalue weighted by Crippen LogP contribution is -2.25. The summed E-state index contributed by atoms with van der Waals surface area (Å²) in [7, 11) is 0. The van der Waals surface area contributed by atoms with Crippen molar-refractivity contribution < 1.29 is 14.6 Å². The predicted octanol–water partition coefficient (Wildman–Crippen LogP) is 4.79. The third-order valence-corrected chi connectivity index (χ3v) is 3.79. The van der Waals surface area contributed by atoms with Crippen LogP contribution in [-0.4, -0.2) is 18.0 Å². The molecule has 0 aliphatic carbocycles. The van der Waals surface area contributed by atoms with Crippen LogP contribution >= 0.6 is 0 Å². The van der Waals surface area contributed by atoms with Gasteiger partial charge in [-0.05, 0) is 49.5 Å². The van der Waals surface area contributed by atoms with Crippen molar-refractivity contribution in [3.63, 3.8) is 0 Å². The third-order valence-electron chi connectivity index (χ3n) is 3.79. The van der Waals surface area contributed by atoms with E-state index in [0.717, 1.165) is 37.2 Å². The number of aliphatic hydroxyl groups excluding tert-OH is 1. The van der Waals surface area contributed by atoms with Gasteiger partial charge in [0.15, 0.2) is 6.29 Å². The van der Waals surface area contributed by atoms with Crippen molar-refractivity contribution in [3.8, 4) is 5.75 Å². The van der Waals surface area contributed by atoms with Crippen LogP contribution < -0.4 is 4.74 Å². The standard InChI is InChI=1S/C18H26O3/c1-13(2)17(11-14(3)19)15-7-6-8-16(12-15)21-18-9-4-5-10-20-18/h6-8,11-13,17-19H,4-5,9-10H2,1-3H3/b14-11+. The molecule has 1 saturated heterocycles. The van der Waals surface area contributed by atoms with Crippen molar-refractivity contribution in [1.82, 2.24) is 0 Å². The first-order valence-electron chi connectivity index (χ1n) is 7.82. The van der Waals surface area contributed by atoms with Gasteiger partial charge in [0.25, 0.3) is 0 Å². The number of allylic oxidation sites excluding steroid dienone is 2. The fraction of sp³-hybridized carbons (Fsp3) is 0.556. The highest BCUT2D eigenvalue weighted by Gasteiger charge is 2.17. The SMILES string of the molecule is C/C(O)=C\C(c1cccc(OC2CCCCO2)c1)C(C)C. The molecule has 2 atom stereocenters. The molecule has 0 spiro atoms. The molecule has 0 radical (unpaired) electrons. The van der Waals surface area contributed by atoms with Crippen LogP contribution in [0.2, 0.25) is 0 Å². The zero-order valence-electron chi connectivity index (χ0n) is 13.2. The van der Waals surface area contributed by atoms with Crippen molar-refractivity contribution >= 4 is 0 Å². The molecule has 1 N–H and O–H groups in total. The topological polar surface area (TPSA) is 38.7 Å². The molecule has 0 saturated carbocycles. The quantitative estimate of drug-likeness (QED) is 0.792. The molecular weight excluding hydrogens is 264 g/mol. The Morgan fingerprint density at radius 2 is 2.19 bits per heavy atom. The van der Waals surface area contributed by atoms with Crippen LogP contribution in [0.4, 0.5) is 0 Å². The molecule has 2 unspecified atom stereocenters. The monoisotopic (exact) mass is 290 g/mol. The van der Waals surface area contributed by atoms with Gasteiger partial charge >= 0.3 is 0 Å². The molecule has 116 valence electrons. The highest BCUT2D eigenvalue weighted by atomic mass is 16.7. The normalized spacial score (nSPS) is 21.3. The number of hydrogen-bond donors (Lipinski definition) is 1. The van der Waals surface area contributed by atoms with E-state index in [1.807, 2.05) is 18.2 Å². The van der Waals surface area contributed by atoms with Gasteiger partial charge in [0, 0.05) is 12.3 Å². The molecule has 0 aromatic heterocycles. The van der Waals surface area contributed by atoms with E-state index in [2.05, 4.69) is 26.0 Å². The Kier molecular flexibility index (Phi) is 5.68. The Morgan fingerprint density at radius 3 is 2.81 bits per heavy atom. The minimum atomic E-state index is -0.123. The van der Waals surface area contributed by atoms with Crippen molar-refractivity contribution in [2.45, 2.75) is 52.2 Å². The summed E-state index contributed by atoms with van der Waals surface area (Å²) in [6.07, 6.45) is 5.01. The molecule has 1 aromatic rings. The number of aliphatic hydroxyl groups is 1. The van der Waals surface area contributed by atoms with E-state index < -0.39 is 0 Å². The molecule has 1 aliphatic heterocycles. The molecule has 0 bridgehead atoms. The molecule has 1 fully saturated rings. The summed E-state index contributed by atoms with van der Waals surface area (Å²) in [5.41, 5.74) is 1.16. The summed E-state index contributed by atoms with van der Waals surface area (Å²) >= 11 is 0. The van der Waals surface area contributed by atoms with Gasteiger partial charge in [-0.2, -0.15) is 0 Å². The number of ether oxygens (including phenoxy) is 2. The van der Waals surface area contributed by atoms with Gasteiger partial charge in [0.1, 0.15) is 5.75 Å². The molecule has 21 heavy (non-hydrogen) atoms. The fourth-order valence-electron chi connectivity index (χ4n) is 2.68. The zero-order valence-corrected chi connectivity index (χ0v) is 13.2. The van der Waals surface area contributed by atoms with Crippen molar-refractivity contribution in [2.24, 2.45) is 5.92 Å². The lowest BCUT2D eigenvalue weighted by Gasteiger charge is -2.24. The second kappa shape index (κ2) is 7.51. The van der Waals surface area contributed by atoms with Crippen molar-refractivity contribution in [2.75, 3.05) is 6.61 Å². The number of rotatable bonds is 5. The Hall–Kier alpha value is -1.48. The summed E-state index contributed by atoms with van der Waals surface area (Å²) < 4.78 is 11.5. The molecule has 1 aromatic carbocycles. The Balaban J connectivity index is 2.13. The highest BCUT2D eigenvalue weighted by molar-refractivity contribution is 5.33. The number of hydrogen-bond acceptors (Lipinski definition) is 3. The summed E-state index contributed by atoms with van der Waals surface area (Å²) in [6, 6.07) is 8.11. The summed E-state index contributed by atoms with van der Waals surface area (Å²) in [5.74, 6) is 1.80. The minimum Gasteiger partial charge on any atom is -0.513 e. The van der Waals surface area contributed by atoms with Crippen LogP contribution in [0.25, 0.3) is 0 Å². The van der Waals surface area contributed by atoms with Crippen LogP contribution in [0.5, 0.6) is 5.75 Å². The average Bonchev–Trinajstić information content (AvgIpc) is 2.45. The zero-order chi connectivity index (χ0) is 15.2. The average molecular weight is 290 g/mol. The van der Waals surface area contributed by atoms with E-state index in [4.69, 9.17) is 9.47 Å². The Bertz CT molecular complexity index is 469.